The molecule has 3 fully saturated rings. The van der Waals surface area contributed by atoms with Crippen molar-refractivity contribution < 1.29 is 14.6 Å². The fraction of sp³-hybridized carbons (Fsp3) is 0.727. The normalized spacial score (nSPS) is 27.9. The molecule has 160 valence electrons. The van der Waals surface area contributed by atoms with Gasteiger partial charge in [-0.2, -0.15) is 0 Å². The number of amides is 1. The van der Waals surface area contributed by atoms with E-state index in [1.807, 2.05) is 12.3 Å². The van der Waals surface area contributed by atoms with Gasteiger partial charge in [0.2, 0.25) is 5.88 Å². The molecule has 4 rings (SSSR count). The number of fused-ring (bicyclic) bond motifs is 2. The van der Waals surface area contributed by atoms with Gasteiger partial charge in [0.25, 0.3) is 0 Å². The highest BCUT2D eigenvalue weighted by Crippen LogP contribution is 2.38. The summed E-state index contributed by atoms with van der Waals surface area (Å²) in [5.74, 6) is 1.07. The van der Waals surface area contributed by atoms with Crippen LogP contribution in [0.3, 0.4) is 0 Å². The molecule has 7 heteroatoms. The fourth-order valence-electron chi connectivity index (χ4n) is 5.22. The Morgan fingerprint density at radius 1 is 1.14 bits per heavy atom. The van der Waals surface area contributed by atoms with E-state index in [2.05, 4.69) is 41.6 Å². The minimum absolute atomic E-state index is 0.168. The third kappa shape index (κ3) is 4.44. The molecule has 1 N–H and O–H groups in total. The molecule has 0 aliphatic carbocycles. The number of nitrogens with zero attached hydrogens (tertiary/aromatic N) is 4. The zero-order valence-corrected chi connectivity index (χ0v) is 17.9. The molecule has 1 aromatic rings. The second kappa shape index (κ2) is 8.01. The molecule has 1 amide bonds. The summed E-state index contributed by atoms with van der Waals surface area (Å²) in [5.41, 5.74) is 1.38. The molecule has 1 aromatic heterocycles. The zero-order valence-electron chi connectivity index (χ0n) is 17.9. The van der Waals surface area contributed by atoms with E-state index >= 15 is 0 Å². The lowest BCUT2D eigenvalue weighted by molar-refractivity contribution is 0.0706. The molecule has 3 aliphatic rings. The van der Waals surface area contributed by atoms with Crippen molar-refractivity contribution in [2.75, 3.05) is 37.7 Å². The van der Waals surface area contributed by atoms with Gasteiger partial charge in [0.15, 0.2) is 0 Å². The first-order chi connectivity index (χ1) is 13.8. The Morgan fingerprint density at radius 3 is 2.31 bits per heavy atom. The summed E-state index contributed by atoms with van der Waals surface area (Å²) in [4.78, 5) is 22.5. The number of anilines is 1. The maximum Gasteiger partial charge on any atom is 0.407 e. The van der Waals surface area contributed by atoms with Gasteiger partial charge in [-0.15, -0.1) is 0 Å². The van der Waals surface area contributed by atoms with E-state index in [9.17, 15) is 9.90 Å². The summed E-state index contributed by atoms with van der Waals surface area (Å²) >= 11 is 0. The summed E-state index contributed by atoms with van der Waals surface area (Å²) in [6, 6.07) is 4.40. The Balaban J connectivity index is 1.26. The molecule has 3 saturated heterocycles. The molecule has 7 nitrogen and oxygen atoms in total. The molecule has 4 heterocycles. The minimum atomic E-state index is -0.766. The minimum Gasteiger partial charge on any atom is -0.477 e. The first-order valence-electron chi connectivity index (χ1n) is 10.9. The second-order valence-electron chi connectivity index (χ2n) is 9.72. The van der Waals surface area contributed by atoms with Gasteiger partial charge in [-0.1, -0.05) is 0 Å². The van der Waals surface area contributed by atoms with Gasteiger partial charge in [-0.3, -0.25) is 4.90 Å². The maximum absolute atomic E-state index is 11.4. The molecule has 0 aromatic carbocycles. The molecule has 0 saturated carbocycles. The number of piperidine rings is 1. The van der Waals surface area contributed by atoms with E-state index in [0.717, 1.165) is 57.5 Å². The van der Waals surface area contributed by atoms with Gasteiger partial charge in [0, 0.05) is 49.9 Å². The summed E-state index contributed by atoms with van der Waals surface area (Å²) in [6.45, 7) is 11.6. The summed E-state index contributed by atoms with van der Waals surface area (Å²) in [7, 11) is 0. The molecule has 3 aliphatic heterocycles. The van der Waals surface area contributed by atoms with E-state index < -0.39 is 6.09 Å². The van der Waals surface area contributed by atoms with Crippen molar-refractivity contribution in [3.05, 3.63) is 18.3 Å². The van der Waals surface area contributed by atoms with E-state index in [1.54, 1.807) is 4.90 Å². The van der Waals surface area contributed by atoms with E-state index in [4.69, 9.17) is 4.74 Å². The quantitative estimate of drug-likeness (QED) is 0.833. The van der Waals surface area contributed by atoms with Crippen LogP contribution in [0.15, 0.2) is 18.3 Å². The number of hydrogen-bond acceptors (Lipinski definition) is 5. The Labute approximate surface area is 173 Å². The first kappa shape index (κ1) is 20.3. The Hall–Kier alpha value is -2.02. The molecule has 0 radical (unpaired) electrons. The highest BCUT2D eigenvalue weighted by atomic mass is 16.5. The van der Waals surface area contributed by atoms with Crippen LogP contribution in [0.4, 0.5) is 10.5 Å². The first-order valence-corrected chi connectivity index (χ1v) is 10.9. The van der Waals surface area contributed by atoms with Crippen molar-refractivity contribution in [2.45, 2.75) is 64.1 Å². The standard InChI is InChI=1S/C22H34N4O3/c1-22(2,3)25-10-8-24(9-11-25)19-6-7-20(23-14-19)29-15-16-12-17-4-5-18(13-16)26(17)21(27)28/h6-7,14,16-18H,4-5,8-13,15H2,1-3H3,(H,27,28)/t16?,17-,18+. The monoisotopic (exact) mass is 402 g/mol. The van der Waals surface area contributed by atoms with Crippen molar-refractivity contribution in [3.8, 4) is 5.88 Å². The molecule has 29 heavy (non-hydrogen) atoms. The van der Waals surface area contributed by atoms with Crippen molar-refractivity contribution in [1.82, 2.24) is 14.8 Å². The molecule has 3 atom stereocenters. The van der Waals surface area contributed by atoms with Crippen LogP contribution in [0.1, 0.15) is 46.5 Å². The largest absolute Gasteiger partial charge is 0.477 e. The maximum atomic E-state index is 11.4. The van der Waals surface area contributed by atoms with Gasteiger partial charge in [0.05, 0.1) is 18.5 Å². The number of piperazine rings is 1. The van der Waals surface area contributed by atoms with Crippen molar-refractivity contribution in [2.24, 2.45) is 5.92 Å². The van der Waals surface area contributed by atoms with Crippen LogP contribution in [0.5, 0.6) is 5.88 Å². The van der Waals surface area contributed by atoms with E-state index in [0.29, 0.717) is 18.4 Å². The summed E-state index contributed by atoms with van der Waals surface area (Å²) < 4.78 is 5.97. The van der Waals surface area contributed by atoms with Gasteiger partial charge in [-0.05, 0) is 58.4 Å². The second-order valence-corrected chi connectivity index (χ2v) is 9.72. The molecule has 0 spiro atoms. The smallest absolute Gasteiger partial charge is 0.407 e. The lowest BCUT2D eigenvalue weighted by Crippen LogP contribution is -2.53. The average Bonchev–Trinajstić information content (AvgIpc) is 2.97. The highest BCUT2D eigenvalue weighted by molar-refractivity contribution is 5.66. The Kier molecular flexibility index (Phi) is 5.60. The summed E-state index contributed by atoms with van der Waals surface area (Å²) in [5, 5.41) is 9.38. The number of ether oxygens (including phenoxy) is 1. The Bertz CT molecular complexity index is 696. The Morgan fingerprint density at radius 2 is 1.79 bits per heavy atom. The van der Waals surface area contributed by atoms with Crippen molar-refractivity contribution in [3.63, 3.8) is 0 Å². The molecule has 1 unspecified atom stereocenters. The van der Waals surface area contributed by atoms with Gasteiger partial charge in [0.1, 0.15) is 0 Å². The predicted octanol–water partition coefficient (Wildman–Crippen LogP) is 3.30. The van der Waals surface area contributed by atoms with Crippen LogP contribution >= 0.6 is 0 Å². The number of carboxylic acid groups (broad SMARTS) is 1. The van der Waals surface area contributed by atoms with E-state index in [-0.39, 0.29) is 17.6 Å². The number of carbonyl (C=O) groups is 1. The number of rotatable bonds is 4. The van der Waals surface area contributed by atoms with Crippen molar-refractivity contribution >= 4 is 11.8 Å². The highest BCUT2D eigenvalue weighted by Gasteiger charge is 2.43. The van der Waals surface area contributed by atoms with Crippen LogP contribution in [0.2, 0.25) is 0 Å². The zero-order chi connectivity index (χ0) is 20.6. The van der Waals surface area contributed by atoms with Crippen LogP contribution in [-0.2, 0) is 0 Å². The molecular weight excluding hydrogens is 368 g/mol. The van der Waals surface area contributed by atoms with Crippen LogP contribution < -0.4 is 9.64 Å². The lowest BCUT2D eigenvalue weighted by atomic mass is 9.92. The summed E-state index contributed by atoms with van der Waals surface area (Å²) in [6.07, 6.45) is 4.93. The molecule has 2 bridgehead atoms. The third-order valence-corrected chi connectivity index (χ3v) is 6.83. The van der Waals surface area contributed by atoms with Crippen LogP contribution in [0.25, 0.3) is 0 Å². The number of pyridine rings is 1. The SMILES string of the molecule is CC(C)(C)N1CCN(c2ccc(OCC3C[C@H]4CC[C@@H](C3)N4C(=O)O)nc2)CC1. The van der Waals surface area contributed by atoms with Crippen LogP contribution in [0, 0.1) is 5.92 Å². The number of aromatic nitrogens is 1. The fourth-order valence-corrected chi connectivity index (χ4v) is 5.22. The topological polar surface area (TPSA) is 69.1 Å². The third-order valence-electron chi connectivity index (χ3n) is 6.83. The molecular formula is C22H34N4O3. The number of hydrogen-bond donors (Lipinski definition) is 1. The van der Waals surface area contributed by atoms with Gasteiger partial charge < -0.3 is 19.6 Å². The predicted molar refractivity (Wildman–Crippen MR) is 113 cm³/mol. The van der Waals surface area contributed by atoms with Crippen molar-refractivity contribution in [1.29, 1.82) is 0 Å². The van der Waals surface area contributed by atoms with Crippen LogP contribution in [-0.4, -0.2) is 76.4 Å². The van der Waals surface area contributed by atoms with Gasteiger partial charge >= 0.3 is 6.09 Å². The van der Waals surface area contributed by atoms with E-state index in [1.165, 1.54) is 0 Å². The average molecular weight is 403 g/mol. The lowest BCUT2D eigenvalue weighted by Gasteiger charge is -2.42. The van der Waals surface area contributed by atoms with Gasteiger partial charge in [-0.25, -0.2) is 9.78 Å².